The number of amides is 1. The molecule has 0 aliphatic carbocycles. The summed E-state index contributed by atoms with van der Waals surface area (Å²) in [5.41, 5.74) is 3.21. The van der Waals surface area contributed by atoms with Crippen LogP contribution >= 0.6 is 0 Å². The van der Waals surface area contributed by atoms with Crippen LogP contribution in [0.25, 0.3) is 11.1 Å². The van der Waals surface area contributed by atoms with Crippen LogP contribution in [0.15, 0.2) is 54.6 Å². The molecular formula is C32H36F3N3O6S. The van der Waals surface area contributed by atoms with Crippen LogP contribution in [0.5, 0.6) is 5.75 Å². The van der Waals surface area contributed by atoms with Crippen molar-refractivity contribution in [3.63, 3.8) is 0 Å². The number of halogens is 3. The summed E-state index contributed by atoms with van der Waals surface area (Å²) in [4.78, 5) is 17.3. The molecule has 1 fully saturated rings. The second-order valence-corrected chi connectivity index (χ2v) is 12.8. The summed E-state index contributed by atoms with van der Waals surface area (Å²) in [6.45, 7) is 2.24. The van der Waals surface area contributed by atoms with E-state index in [9.17, 15) is 26.4 Å². The van der Waals surface area contributed by atoms with Gasteiger partial charge >= 0.3 is 6.18 Å². The molecule has 3 aromatic rings. The van der Waals surface area contributed by atoms with E-state index in [-0.39, 0.29) is 24.1 Å². The van der Waals surface area contributed by atoms with Crippen molar-refractivity contribution < 1.29 is 40.6 Å². The minimum Gasteiger partial charge on any atom is -0.465 e. The number of piperidine rings is 1. The summed E-state index contributed by atoms with van der Waals surface area (Å²) in [6, 6.07) is 14.0. The Morgan fingerprint density at radius 3 is 2.38 bits per heavy atom. The molecule has 2 heterocycles. The molecular weight excluding hydrogens is 611 g/mol. The van der Waals surface area contributed by atoms with E-state index in [4.69, 9.17) is 14.2 Å². The highest BCUT2D eigenvalue weighted by molar-refractivity contribution is 7.92. The number of alkyl halides is 3. The average molecular weight is 648 g/mol. The molecule has 0 spiro atoms. The fourth-order valence-electron chi connectivity index (χ4n) is 5.65. The summed E-state index contributed by atoms with van der Waals surface area (Å²) in [5, 5.41) is 0. The Kier molecular flexibility index (Phi) is 9.90. The third kappa shape index (κ3) is 7.89. The maximum absolute atomic E-state index is 13.7. The van der Waals surface area contributed by atoms with Crippen molar-refractivity contribution in [1.29, 1.82) is 0 Å². The van der Waals surface area contributed by atoms with Crippen molar-refractivity contribution in [2.75, 3.05) is 67.5 Å². The number of benzene rings is 3. The van der Waals surface area contributed by atoms with Crippen LogP contribution in [-0.2, 0) is 32.1 Å². The van der Waals surface area contributed by atoms with Crippen LogP contribution < -0.4 is 19.3 Å². The molecule has 0 aromatic heterocycles. The second kappa shape index (κ2) is 13.7. The van der Waals surface area contributed by atoms with E-state index in [2.05, 4.69) is 4.72 Å². The number of hydrogen-bond acceptors (Lipinski definition) is 7. The van der Waals surface area contributed by atoms with E-state index in [1.807, 2.05) is 11.0 Å². The number of nitrogens with one attached hydrogen (secondary N) is 1. The van der Waals surface area contributed by atoms with Crippen molar-refractivity contribution >= 4 is 33.0 Å². The van der Waals surface area contributed by atoms with Gasteiger partial charge in [-0.3, -0.25) is 9.52 Å². The number of rotatable bonds is 11. The molecule has 45 heavy (non-hydrogen) atoms. The summed E-state index contributed by atoms with van der Waals surface area (Å²) in [5.74, 6) is -0.0366. The van der Waals surface area contributed by atoms with Crippen LogP contribution in [0, 0.1) is 0 Å². The van der Waals surface area contributed by atoms with Crippen molar-refractivity contribution in [3.8, 4) is 16.9 Å². The number of nitrogens with zero attached hydrogens (tertiary/aromatic N) is 2. The summed E-state index contributed by atoms with van der Waals surface area (Å²) in [7, 11) is -2.12. The highest BCUT2D eigenvalue weighted by Gasteiger charge is 2.32. The first-order valence-electron chi connectivity index (χ1n) is 14.7. The molecule has 1 amide bonds. The topological polar surface area (TPSA) is 97.4 Å². The van der Waals surface area contributed by atoms with E-state index >= 15 is 0 Å². The Hall–Kier alpha value is -3.81. The maximum atomic E-state index is 13.7. The molecule has 1 saturated heterocycles. The number of methoxy groups -OCH3 is 1. The van der Waals surface area contributed by atoms with Gasteiger partial charge in [0.25, 0.3) is 5.91 Å². The number of carbonyl (C=O) groups excluding carboxylic acids is 1. The fraction of sp³-hybridized carbons (Fsp3) is 0.406. The predicted octanol–water partition coefficient (Wildman–Crippen LogP) is 5.94. The lowest BCUT2D eigenvalue weighted by Crippen LogP contribution is -2.37. The lowest BCUT2D eigenvalue weighted by molar-refractivity contribution is -0.137. The molecule has 0 saturated carbocycles. The number of ether oxygens (including phenoxy) is 3. The summed E-state index contributed by atoms with van der Waals surface area (Å²) >= 11 is 0. The van der Waals surface area contributed by atoms with Gasteiger partial charge in [-0.2, -0.15) is 13.2 Å². The lowest BCUT2D eigenvalue weighted by atomic mass is 9.92. The smallest absolute Gasteiger partial charge is 0.416 e. The first kappa shape index (κ1) is 32.6. The van der Waals surface area contributed by atoms with E-state index < -0.39 is 21.8 Å². The third-order valence-corrected chi connectivity index (χ3v) is 8.41. The fourth-order valence-corrected chi connectivity index (χ4v) is 6.21. The van der Waals surface area contributed by atoms with E-state index in [0.29, 0.717) is 61.8 Å². The zero-order chi connectivity index (χ0) is 32.2. The monoisotopic (exact) mass is 647 g/mol. The number of carbonyl (C=O) groups is 1. The van der Waals surface area contributed by atoms with Crippen molar-refractivity contribution in [1.82, 2.24) is 0 Å². The number of anilines is 3. The third-order valence-electron chi connectivity index (χ3n) is 7.82. The minimum atomic E-state index is -4.45. The van der Waals surface area contributed by atoms with Gasteiger partial charge in [0, 0.05) is 49.2 Å². The molecule has 5 rings (SSSR count). The molecule has 242 valence electrons. The van der Waals surface area contributed by atoms with E-state index in [1.165, 1.54) is 18.2 Å². The lowest BCUT2D eigenvalue weighted by Gasteiger charge is -2.32. The number of fused-ring (bicyclic) bond motifs is 1. The van der Waals surface area contributed by atoms with Gasteiger partial charge in [-0.1, -0.05) is 18.2 Å². The van der Waals surface area contributed by atoms with Gasteiger partial charge in [0.2, 0.25) is 10.0 Å². The first-order chi connectivity index (χ1) is 21.4. The van der Waals surface area contributed by atoms with Gasteiger partial charge in [0.05, 0.1) is 30.7 Å². The molecule has 1 N–H and O–H groups in total. The molecule has 2 aliphatic heterocycles. The van der Waals surface area contributed by atoms with Crippen LogP contribution in [0.1, 0.15) is 40.7 Å². The highest BCUT2D eigenvalue weighted by atomic mass is 32.2. The van der Waals surface area contributed by atoms with Crippen LogP contribution in [0.3, 0.4) is 0 Å². The molecule has 0 unspecified atom stereocenters. The minimum absolute atomic E-state index is 0.127. The van der Waals surface area contributed by atoms with Crippen LogP contribution in [0.4, 0.5) is 30.2 Å². The zero-order valence-electron chi connectivity index (χ0n) is 25.2. The van der Waals surface area contributed by atoms with Gasteiger partial charge in [-0.05, 0) is 73.2 Å². The van der Waals surface area contributed by atoms with Gasteiger partial charge in [-0.25, -0.2) is 8.42 Å². The van der Waals surface area contributed by atoms with Gasteiger partial charge < -0.3 is 24.0 Å². The zero-order valence-corrected chi connectivity index (χ0v) is 26.0. The molecule has 0 bridgehead atoms. The normalized spacial score (nSPS) is 15.6. The van der Waals surface area contributed by atoms with Gasteiger partial charge in [0.1, 0.15) is 5.75 Å². The predicted molar refractivity (Wildman–Crippen MR) is 167 cm³/mol. The number of sulfonamides is 1. The van der Waals surface area contributed by atoms with Crippen LogP contribution in [0.2, 0.25) is 0 Å². The summed E-state index contributed by atoms with van der Waals surface area (Å²) < 4.78 is 83.3. The molecule has 0 atom stereocenters. The van der Waals surface area contributed by atoms with Crippen molar-refractivity contribution in [2.24, 2.45) is 0 Å². The maximum Gasteiger partial charge on any atom is 0.416 e. The van der Waals surface area contributed by atoms with E-state index in [0.717, 1.165) is 42.7 Å². The Bertz CT molecular complexity index is 1640. The number of hydrogen-bond donors (Lipinski definition) is 1. The summed E-state index contributed by atoms with van der Waals surface area (Å²) in [6.07, 6.45) is -0.0522. The Morgan fingerprint density at radius 1 is 0.911 bits per heavy atom. The van der Waals surface area contributed by atoms with Crippen molar-refractivity contribution in [2.45, 2.75) is 31.9 Å². The Balaban J connectivity index is 1.41. The quantitative estimate of drug-likeness (QED) is 0.203. The Labute approximate surface area is 260 Å². The van der Waals surface area contributed by atoms with Gasteiger partial charge in [-0.15, -0.1) is 0 Å². The second-order valence-electron chi connectivity index (χ2n) is 11.1. The molecule has 13 heteroatoms. The molecule has 2 aliphatic rings. The Morgan fingerprint density at radius 2 is 1.67 bits per heavy atom. The van der Waals surface area contributed by atoms with Crippen molar-refractivity contribution in [3.05, 3.63) is 71.3 Å². The van der Waals surface area contributed by atoms with Gasteiger partial charge in [0.15, 0.2) is 6.79 Å². The highest BCUT2D eigenvalue weighted by Crippen LogP contribution is 2.40. The standard InChI is InChI=1S/C32H36F3N3O6S/c1-42-16-17-43-21-44-30-11-8-25(20-28(30)36-45(2,40)41)38-15-12-23-18-22(6-9-27(23)31(38)39)26-10-7-24(32(33,34)35)19-29(26)37-13-4-3-5-14-37/h6-11,18-20,36H,3-5,12-17,21H2,1-2H3. The average Bonchev–Trinajstić information content (AvgIpc) is 3.00. The molecule has 0 radical (unpaired) electrons. The molecule has 3 aromatic carbocycles. The van der Waals surface area contributed by atoms with E-state index in [1.54, 1.807) is 36.3 Å². The largest absolute Gasteiger partial charge is 0.465 e. The molecule has 9 nitrogen and oxygen atoms in total. The first-order valence-corrected chi connectivity index (χ1v) is 16.6. The SMILES string of the molecule is COCCOCOc1ccc(N2CCc3cc(-c4ccc(C(F)(F)F)cc4N4CCCCC4)ccc3C2=O)cc1NS(C)(=O)=O. The van der Waals surface area contributed by atoms with Crippen LogP contribution in [-0.4, -0.2) is 67.3 Å².